The zero-order valence-corrected chi connectivity index (χ0v) is 16.0. The first-order valence-electron chi connectivity index (χ1n) is 9.48. The van der Waals surface area contributed by atoms with Crippen LogP contribution in [0.15, 0.2) is 29.8 Å². The predicted molar refractivity (Wildman–Crippen MR) is 103 cm³/mol. The van der Waals surface area contributed by atoms with Gasteiger partial charge >= 0.3 is 0 Å². The standard InChI is InChI=1S/C22H22N4O2/c1-3-27-14-8-9-19(28-4-2)17(10-14)20-16-7-5-6-15(16)18(11-23)21(26)22(20,12-24)13-25/h6,8-10,16,18,20,26H,3-5,7H2,1-2H3/t16-,18-,20+/m0/s1. The van der Waals surface area contributed by atoms with E-state index in [0.29, 0.717) is 30.3 Å². The number of nitriles is 3. The molecular weight excluding hydrogens is 352 g/mol. The maximum atomic E-state index is 10.1. The molecule has 6 heteroatoms. The van der Waals surface area contributed by atoms with E-state index in [-0.39, 0.29) is 11.6 Å². The molecule has 28 heavy (non-hydrogen) atoms. The second kappa shape index (κ2) is 7.75. The van der Waals surface area contributed by atoms with Gasteiger partial charge in [-0.1, -0.05) is 6.08 Å². The molecule has 0 amide bonds. The van der Waals surface area contributed by atoms with Crippen LogP contribution in [-0.2, 0) is 0 Å². The van der Waals surface area contributed by atoms with Crippen LogP contribution >= 0.6 is 0 Å². The van der Waals surface area contributed by atoms with E-state index < -0.39 is 17.3 Å². The first-order chi connectivity index (χ1) is 13.6. The van der Waals surface area contributed by atoms with E-state index in [1.165, 1.54) is 0 Å². The summed E-state index contributed by atoms with van der Waals surface area (Å²) in [5.74, 6) is -0.360. The third kappa shape index (κ3) is 2.81. The average Bonchev–Trinajstić information content (AvgIpc) is 3.18. The molecule has 0 saturated heterocycles. The number of allylic oxidation sites excluding steroid dienone is 2. The van der Waals surface area contributed by atoms with E-state index >= 15 is 0 Å². The summed E-state index contributed by atoms with van der Waals surface area (Å²) < 4.78 is 11.5. The molecule has 1 fully saturated rings. The number of hydrogen-bond acceptors (Lipinski definition) is 6. The van der Waals surface area contributed by atoms with Gasteiger partial charge in [0.25, 0.3) is 0 Å². The van der Waals surface area contributed by atoms with E-state index in [1.807, 2.05) is 26.0 Å². The largest absolute Gasteiger partial charge is 0.494 e. The summed E-state index contributed by atoms with van der Waals surface area (Å²) in [5, 5.41) is 38.4. The minimum absolute atomic E-state index is 0.140. The number of fused-ring (bicyclic) bond motifs is 1. The van der Waals surface area contributed by atoms with Crippen LogP contribution in [0, 0.1) is 56.7 Å². The summed E-state index contributed by atoms with van der Waals surface area (Å²) in [6.45, 7) is 4.68. The van der Waals surface area contributed by atoms with Crippen molar-refractivity contribution in [2.45, 2.75) is 32.6 Å². The highest BCUT2D eigenvalue weighted by Gasteiger charge is 2.58. The van der Waals surface area contributed by atoms with Crippen LogP contribution in [0.4, 0.5) is 0 Å². The molecule has 0 radical (unpaired) electrons. The molecule has 2 aliphatic carbocycles. The quantitative estimate of drug-likeness (QED) is 0.779. The van der Waals surface area contributed by atoms with Gasteiger partial charge in [0.05, 0.1) is 37.1 Å². The molecule has 6 nitrogen and oxygen atoms in total. The van der Waals surface area contributed by atoms with Crippen LogP contribution in [0.25, 0.3) is 0 Å². The molecule has 2 aliphatic rings. The van der Waals surface area contributed by atoms with Crippen LogP contribution in [0.3, 0.4) is 0 Å². The monoisotopic (exact) mass is 374 g/mol. The average molecular weight is 374 g/mol. The van der Waals surface area contributed by atoms with Crippen LogP contribution in [0.2, 0.25) is 0 Å². The minimum Gasteiger partial charge on any atom is -0.494 e. The number of nitrogens with one attached hydrogen (secondary N) is 1. The molecule has 3 atom stereocenters. The number of nitrogens with zero attached hydrogens (tertiary/aromatic N) is 3. The van der Waals surface area contributed by atoms with Crippen LogP contribution in [0.5, 0.6) is 11.5 Å². The van der Waals surface area contributed by atoms with E-state index in [0.717, 1.165) is 18.4 Å². The second-order valence-corrected chi connectivity index (χ2v) is 6.94. The molecule has 0 unspecified atom stereocenters. The number of ether oxygens (including phenoxy) is 2. The van der Waals surface area contributed by atoms with Gasteiger partial charge in [-0.2, -0.15) is 15.8 Å². The Bertz CT molecular complexity index is 931. The Kier molecular flexibility index (Phi) is 5.39. The topological polar surface area (TPSA) is 114 Å². The Morgan fingerprint density at radius 1 is 1.14 bits per heavy atom. The summed E-state index contributed by atoms with van der Waals surface area (Å²) in [4.78, 5) is 0. The second-order valence-electron chi connectivity index (χ2n) is 6.94. The summed E-state index contributed by atoms with van der Waals surface area (Å²) in [6, 6.07) is 11.8. The first-order valence-corrected chi connectivity index (χ1v) is 9.48. The lowest BCUT2D eigenvalue weighted by Crippen LogP contribution is -2.47. The lowest BCUT2D eigenvalue weighted by Gasteiger charge is -2.43. The zero-order chi connectivity index (χ0) is 20.3. The van der Waals surface area contributed by atoms with E-state index in [1.54, 1.807) is 12.1 Å². The smallest absolute Gasteiger partial charge is 0.189 e. The van der Waals surface area contributed by atoms with Crippen molar-refractivity contribution in [3.8, 4) is 29.7 Å². The molecule has 142 valence electrons. The normalized spacial score (nSPS) is 24.9. The Morgan fingerprint density at radius 3 is 2.46 bits per heavy atom. The van der Waals surface area contributed by atoms with Crippen LogP contribution < -0.4 is 9.47 Å². The van der Waals surface area contributed by atoms with Crippen molar-refractivity contribution in [1.29, 1.82) is 21.2 Å². The van der Waals surface area contributed by atoms with Crippen molar-refractivity contribution < 1.29 is 9.47 Å². The van der Waals surface area contributed by atoms with Crippen LogP contribution in [-0.4, -0.2) is 18.9 Å². The highest BCUT2D eigenvalue weighted by Crippen LogP contribution is 2.57. The van der Waals surface area contributed by atoms with E-state index in [9.17, 15) is 15.8 Å². The van der Waals surface area contributed by atoms with Crippen molar-refractivity contribution in [2.75, 3.05) is 13.2 Å². The Labute approximate surface area is 165 Å². The number of rotatable bonds is 5. The van der Waals surface area contributed by atoms with Gasteiger partial charge in [-0.15, -0.1) is 0 Å². The molecule has 0 aliphatic heterocycles. The lowest BCUT2D eigenvalue weighted by molar-refractivity contribution is 0.303. The maximum Gasteiger partial charge on any atom is 0.189 e. The van der Waals surface area contributed by atoms with E-state index in [4.69, 9.17) is 14.9 Å². The molecule has 1 saturated carbocycles. The molecule has 1 aromatic rings. The van der Waals surface area contributed by atoms with Gasteiger partial charge < -0.3 is 14.9 Å². The fourth-order valence-electron chi connectivity index (χ4n) is 4.49. The third-order valence-corrected chi connectivity index (χ3v) is 5.61. The van der Waals surface area contributed by atoms with Crippen molar-refractivity contribution >= 4 is 5.71 Å². The summed E-state index contributed by atoms with van der Waals surface area (Å²) in [6.07, 6.45) is 3.50. The van der Waals surface area contributed by atoms with Gasteiger partial charge in [-0.05, 0) is 56.4 Å². The van der Waals surface area contributed by atoms with Crippen molar-refractivity contribution in [2.24, 2.45) is 17.3 Å². The molecule has 1 aromatic carbocycles. The summed E-state index contributed by atoms with van der Waals surface area (Å²) >= 11 is 0. The summed E-state index contributed by atoms with van der Waals surface area (Å²) in [5.41, 5.74) is -0.319. The molecule has 0 heterocycles. The van der Waals surface area contributed by atoms with Crippen molar-refractivity contribution in [3.05, 3.63) is 35.4 Å². The molecule has 0 aromatic heterocycles. The highest BCUT2D eigenvalue weighted by atomic mass is 16.5. The number of hydrogen-bond donors (Lipinski definition) is 1. The van der Waals surface area contributed by atoms with Gasteiger partial charge in [0.2, 0.25) is 0 Å². The minimum atomic E-state index is -1.72. The van der Waals surface area contributed by atoms with Gasteiger partial charge in [-0.25, -0.2) is 0 Å². The van der Waals surface area contributed by atoms with Crippen molar-refractivity contribution in [1.82, 2.24) is 0 Å². The van der Waals surface area contributed by atoms with Gasteiger partial charge in [0.15, 0.2) is 5.41 Å². The molecule has 3 rings (SSSR count). The van der Waals surface area contributed by atoms with Crippen molar-refractivity contribution in [3.63, 3.8) is 0 Å². The molecular formula is C22H22N4O2. The first kappa shape index (κ1) is 19.5. The SMILES string of the molecule is CCOc1ccc(OCC)c([C@H]2[C@H]3CCC=C3[C@H](C#N)C(=N)C2(C#N)C#N)c1. The lowest BCUT2D eigenvalue weighted by atomic mass is 9.55. The fraction of sp³-hybridized carbons (Fsp3) is 0.455. The Balaban J connectivity index is 2.26. The molecule has 1 N–H and O–H groups in total. The maximum absolute atomic E-state index is 10.1. The summed E-state index contributed by atoms with van der Waals surface area (Å²) in [7, 11) is 0. The van der Waals surface area contributed by atoms with Gasteiger partial charge in [0.1, 0.15) is 17.4 Å². The van der Waals surface area contributed by atoms with Gasteiger partial charge in [0, 0.05) is 11.5 Å². The predicted octanol–water partition coefficient (Wildman–Crippen LogP) is 4.11. The fourth-order valence-corrected chi connectivity index (χ4v) is 4.49. The van der Waals surface area contributed by atoms with E-state index in [2.05, 4.69) is 18.2 Å². The number of benzene rings is 1. The highest BCUT2D eigenvalue weighted by molar-refractivity contribution is 6.01. The Hall–Kier alpha value is -3.30. The third-order valence-electron chi connectivity index (χ3n) is 5.61. The zero-order valence-electron chi connectivity index (χ0n) is 16.0. The molecule has 0 bridgehead atoms. The molecule has 0 spiro atoms. The Morgan fingerprint density at radius 2 is 1.86 bits per heavy atom. The van der Waals surface area contributed by atoms with Crippen LogP contribution in [0.1, 0.15) is 38.2 Å². The van der Waals surface area contributed by atoms with Gasteiger partial charge in [-0.3, -0.25) is 0 Å².